The summed E-state index contributed by atoms with van der Waals surface area (Å²) in [6, 6.07) is 0.244. The molecule has 0 unspecified atom stereocenters. The van der Waals surface area contributed by atoms with E-state index < -0.39 is 0 Å². The van der Waals surface area contributed by atoms with E-state index in [1.165, 1.54) is 0 Å². The van der Waals surface area contributed by atoms with E-state index in [4.69, 9.17) is 9.47 Å². The molecule has 5 nitrogen and oxygen atoms in total. The van der Waals surface area contributed by atoms with Crippen LogP contribution in [0, 0.1) is 0 Å². The lowest BCUT2D eigenvalue weighted by atomic mass is 10.0. The third-order valence-electron chi connectivity index (χ3n) is 3.41. The number of fused-ring (bicyclic) bond motifs is 1. The molecule has 2 aliphatic rings. The summed E-state index contributed by atoms with van der Waals surface area (Å²) in [5, 5.41) is 0. The van der Waals surface area contributed by atoms with Gasteiger partial charge in [-0.2, -0.15) is 0 Å². The quantitative estimate of drug-likeness (QED) is 0.658. The Labute approximate surface area is 96.3 Å². The zero-order chi connectivity index (χ0) is 11.7. The molecule has 2 amide bonds. The van der Waals surface area contributed by atoms with Crippen molar-refractivity contribution in [2.45, 2.75) is 31.1 Å². The van der Waals surface area contributed by atoms with Crippen molar-refractivity contribution in [3.8, 4) is 0 Å². The first-order valence-electron chi connectivity index (χ1n) is 5.77. The highest BCUT2D eigenvalue weighted by molar-refractivity contribution is 5.74. The van der Waals surface area contributed by atoms with Gasteiger partial charge in [-0.15, -0.1) is 0 Å². The molecule has 0 aromatic rings. The lowest BCUT2D eigenvalue weighted by molar-refractivity contribution is -0.0638. The van der Waals surface area contributed by atoms with Gasteiger partial charge in [0.1, 0.15) is 12.2 Å². The fourth-order valence-electron chi connectivity index (χ4n) is 2.59. The van der Waals surface area contributed by atoms with Crippen LogP contribution < -0.4 is 0 Å². The Morgan fingerprint density at radius 3 is 2.88 bits per heavy atom. The molecule has 0 bridgehead atoms. The SMILES string of the molecule is CO[C@H]1CN(C(=O)N(C)C)[C@@H]2CCCO[C@H]12. The molecule has 5 heteroatoms. The Morgan fingerprint density at radius 1 is 1.50 bits per heavy atom. The van der Waals surface area contributed by atoms with Crippen LogP contribution in [0.1, 0.15) is 12.8 Å². The fraction of sp³-hybridized carbons (Fsp3) is 0.909. The highest BCUT2D eigenvalue weighted by atomic mass is 16.5. The topological polar surface area (TPSA) is 42.0 Å². The van der Waals surface area contributed by atoms with Crippen LogP contribution in [0.15, 0.2) is 0 Å². The van der Waals surface area contributed by atoms with Crippen molar-refractivity contribution in [2.24, 2.45) is 0 Å². The number of amides is 2. The minimum absolute atomic E-state index is 0.0224. The van der Waals surface area contributed by atoms with Crippen molar-refractivity contribution in [3.63, 3.8) is 0 Å². The zero-order valence-electron chi connectivity index (χ0n) is 10.2. The molecule has 0 radical (unpaired) electrons. The van der Waals surface area contributed by atoms with Gasteiger partial charge >= 0.3 is 6.03 Å². The van der Waals surface area contributed by atoms with Crippen molar-refractivity contribution >= 4 is 6.03 Å². The average molecular weight is 228 g/mol. The molecule has 3 atom stereocenters. The summed E-state index contributed by atoms with van der Waals surface area (Å²) in [4.78, 5) is 15.5. The number of carbonyl (C=O) groups excluding carboxylic acids is 1. The molecule has 0 N–H and O–H groups in total. The monoisotopic (exact) mass is 228 g/mol. The number of urea groups is 1. The van der Waals surface area contributed by atoms with E-state index in [1.54, 1.807) is 26.1 Å². The Morgan fingerprint density at radius 2 is 2.25 bits per heavy atom. The molecule has 2 aliphatic heterocycles. The van der Waals surface area contributed by atoms with Gasteiger partial charge < -0.3 is 19.3 Å². The smallest absolute Gasteiger partial charge is 0.319 e. The maximum Gasteiger partial charge on any atom is 0.319 e. The second kappa shape index (κ2) is 4.59. The van der Waals surface area contributed by atoms with Gasteiger partial charge in [0.05, 0.1) is 12.6 Å². The number of ether oxygens (including phenoxy) is 2. The van der Waals surface area contributed by atoms with Crippen molar-refractivity contribution in [2.75, 3.05) is 34.4 Å². The van der Waals surface area contributed by atoms with Crippen LogP contribution in [0.3, 0.4) is 0 Å². The molecule has 0 saturated carbocycles. The molecule has 0 spiro atoms. The molecule has 0 aromatic carbocycles. The number of likely N-dealkylation sites (tertiary alicyclic amines) is 1. The van der Waals surface area contributed by atoms with Crippen LogP contribution in [-0.4, -0.2) is 68.4 Å². The Balaban J connectivity index is 2.12. The molecular formula is C11H20N2O3. The average Bonchev–Trinajstić information content (AvgIpc) is 2.66. The van der Waals surface area contributed by atoms with Gasteiger partial charge in [-0.1, -0.05) is 0 Å². The van der Waals surface area contributed by atoms with Gasteiger partial charge in [-0.3, -0.25) is 0 Å². The summed E-state index contributed by atoms with van der Waals surface area (Å²) in [7, 11) is 5.24. The minimum atomic E-state index is 0.0224. The third kappa shape index (κ3) is 1.89. The number of nitrogens with zero attached hydrogens (tertiary/aromatic N) is 2. The van der Waals surface area contributed by atoms with Crippen molar-refractivity contribution < 1.29 is 14.3 Å². The van der Waals surface area contributed by atoms with Crippen LogP contribution >= 0.6 is 0 Å². The summed E-state index contributed by atoms with van der Waals surface area (Å²) >= 11 is 0. The predicted molar refractivity (Wildman–Crippen MR) is 59.3 cm³/mol. The van der Waals surface area contributed by atoms with Gasteiger partial charge in [-0.05, 0) is 12.8 Å². The van der Waals surface area contributed by atoms with Gasteiger partial charge in [0.25, 0.3) is 0 Å². The third-order valence-corrected chi connectivity index (χ3v) is 3.41. The van der Waals surface area contributed by atoms with Crippen LogP contribution in [-0.2, 0) is 9.47 Å². The Bertz CT molecular complexity index is 270. The van der Waals surface area contributed by atoms with E-state index in [2.05, 4.69) is 0 Å². The van der Waals surface area contributed by atoms with Gasteiger partial charge in [-0.25, -0.2) is 4.79 Å². The summed E-state index contributed by atoms with van der Waals surface area (Å²) in [5.41, 5.74) is 0. The minimum Gasteiger partial charge on any atom is -0.377 e. The highest BCUT2D eigenvalue weighted by Gasteiger charge is 2.46. The van der Waals surface area contributed by atoms with Crippen LogP contribution in [0.4, 0.5) is 4.79 Å². The van der Waals surface area contributed by atoms with Crippen LogP contribution in [0.25, 0.3) is 0 Å². The largest absolute Gasteiger partial charge is 0.377 e. The number of hydrogen-bond donors (Lipinski definition) is 0. The zero-order valence-corrected chi connectivity index (χ0v) is 10.2. The van der Waals surface area contributed by atoms with Crippen molar-refractivity contribution in [1.29, 1.82) is 0 Å². The second-order valence-corrected chi connectivity index (χ2v) is 4.65. The molecule has 2 saturated heterocycles. The molecule has 2 fully saturated rings. The lowest BCUT2D eigenvalue weighted by Crippen LogP contribution is -2.47. The maximum atomic E-state index is 12.0. The molecule has 92 valence electrons. The standard InChI is InChI=1S/C11H20N2O3/c1-12(2)11(14)13-7-9(15-3)10-8(13)5-4-6-16-10/h8-10H,4-7H2,1-3H3/t8-,9+,10+/m1/s1. The summed E-state index contributed by atoms with van der Waals surface area (Å²) in [6.07, 6.45) is 2.12. The number of carbonyl (C=O) groups is 1. The highest BCUT2D eigenvalue weighted by Crippen LogP contribution is 2.30. The molecule has 2 heterocycles. The van der Waals surface area contributed by atoms with Crippen LogP contribution in [0.5, 0.6) is 0 Å². The molecule has 2 rings (SSSR count). The predicted octanol–water partition coefficient (Wildman–Crippen LogP) is 0.546. The van der Waals surface area contributed by atoms with E-state index >= 15 is 0 Å². The van der Waals surface area contributed by atoms with Gasteiger partial charge in [0, 0.05) is 27.8 Å². The van der Waals surface area contributed by atoms with Crippen molar-refractivity contribution in [1.82, 2.24) is 9.80 Å². The van der Waals surface area contributed by atoms with Gasteiger partial charge in [0.2, 0.25) is 0 Å². The second-order valence-electron chi connectivity index (χ2n) is 4.65. The maximum absolute atomic E-state index is 12.0. The summed E-state index contributed by atoms with van der Waals surface area (Å²) < 4.78 is 11.1. The first-order chi connectivity index (χ1) is 7.65. The molecule has 16 heavy (non-hydrogen) atoms. The van der Waals surface area contributed by atoms with E-state index in [1.807, 2.05) is 4.90 Å². The summed E-state index contributed by atoms with van der Waals surface area (Å²) in [5.74, 6) is 0. The van der Waals surface area contributed by atoms with Gasteiger partial charge in [0.15, 0.2) is 0 Å². The van der Waals surface area contributed by atoms with E-state index in [0.29, 0.717) is 6.54 Å². The number of hydrogen-bond acceptors (Lipinski definition) is 3. The number of rotatable bonds is 1. The molecular weight excluding hydrogens is 208 g/mol. The molecule has 0 aliphatic carbocycles. The summed E-state index contributed by atoms with van der Waals surface area (Å²) in [6.45, 7) is 1.42. The van der Waals surface area contributed by atoms with E-state index in [0.717, 1.165) is 19.4 Å². The Kier molecular flexibility index (Phi) is 3.35. The number of methoxy groups -OCH3 is 1. The lowest BCUT2D eigenvalue weighted by Gasteiger charge is -2.33. The van der Waals surface area contributed by atoms with Crippen LogP contribution in [0.2, 0.25) is 0 Å². The first-order valence-corrected chi connectivity index (χ1v) is 5.77. The Hall–Kier alpha value is -0.810. The normalized spacial score (nSPS) is 33.7. The van der Waals surface area contributed by atoms with E-state index in [-0.39, 0.29) is 24.3 Å². The van der Waals surface area contributed by atoms with Crippen molar-refractivity contribution in [3.05, 3.63) is 0 Å². The molecule has 0 aromatic heterocycles. The fourth-order valence-corrected chi connectivity index (χ4v) is 2.59. The van der Waals surface area contributed by atoms with E-state index in [9.17, 15) is 4.79 Å². The first kappa shape index (κ1) is 11.7.